The Morgan fingerprint density at radius 3 is 1.82 bits per heavy atom. The molecule has 39 heavy (non-hydrogen) atoms. The smallest absolute Gasteiger partial charge is 0.307 e. The molecule has 0 aromatic heterocycles. The molecular weight excluding hydrogens is 500 g/mol. The van der Waals surface area contributed by atoms with Gasteiger partial charge in [-0.3, -0.25) is 4.79 Å². The van der Waals surface area contributed by atoms with Crippen molar-refractivity contribution in [3.63, 3.8) is 0 Å². The molecule has 0 amide bonds. The maximum Gasteiger partial charge on any atom is 0.307 e. The van der Waals surface area contributed by atoms with Crippen LogP contribution in [0.5, 0.6) is 5.75 Å². The maximum atomic E-state index is 11.6. The summed E-state index contributed by atoms with van der Waals surface area (Å²) in [5.74, 6) is 0.546. The molecule has 206 valence electrons. The lowest BCUT2D eigenvalue weighted by Crippen LogP contribution is -2.55. The summed E-state index contributed by atoms with van der Waals surface area (Å²) in [7, 11) is 3.15. The van der Waals surface area contributed by atoms with Gasteiger partial charge < -0.3 is 33.2 Å². The van der Waals surface area contributed by atoms with E-state index in [0.717, 1.165) is 22.4 Å². The van der Waals surface area contributed by atoms with Crippen molar-refractivity contribution >= 4 is 5.97 Å². The molecule has 0 N–H and O–H groups in total. The van der Waals surface area contributed by atoms with Crippen molar-refractivity contribution in [1.82, 2.24) is 0 Å². The Bertz CT molecular complexity index is 1180. The van der Waals surface area contributed by atoms with Crippen molar-refractivity contribution in [2.45, 2.75) is 51.3 Å². The summed E-state index contributed by atoms with van der Waals surface area (Å²) in [6.07, 6.45) is -1.67. The van der Waals surface area contributed by atoms with Gasteiger partial charge in [0.1, 0.15) is 30.3 Å². The lowest BCUT2D eigenvalue weighted by atomic mass is 10.0. The molecule has 1 aliphatic rings. The van der Waals surface area contributed by atoms with Gasteiger partial charge in [-0.15, -0.1) is 0 Å². The normalized spacial score (nSPS) is 21.8. The molecule has 4 rings (SSSR count). The van der Waals surface area contributed by atoms with Crippen molar-refractivity contribution in [2.75, 3.05) is 14.2 Å². The molecule has 4 atom stereocenters. The average molecular weight is 535 g/mol. The number of carbonyl (C=O) groups is 1. The fourth-order valence-corrected chi connectivity index (χ4v) is 4.15. The fraction of sp³-hybridized carbons (Fsp3) is 0.323. The Morgan fingerprint density at radius 2 is 1.28 bits per heavy atom. The molecule has 1 fully saturated rings. The minimum atomic E-state index is -0.845. The first-order valence-corrected chi connectivity index (χ1v) is 12.7. The lowest BCUT2D eigenvalue weighted by molar-refractivity contribution is -0.271. The number of esters is 1. The van der Waals surface area contributed by atoms with E-state index in [0.29, 0.717) is 6.61 Å². The van der Waals surface area contributed by atoms with Crippen molar-refractivity contribution in [2.24, 2.45) is 0 Å². The van der Waals surface area contributed by atoms with E-state index in [9.17, 15) is 4.79 Å². The minimum Gasteiger partial charge on any atom is -0.497 e. The molecule has 1 aliphatic heterocycles. The molecule has 0 spiro atoms. The standard InChI is InChI=1S/C31H34O8/c1-22(32)35-21-27-28(36-18-23-10-6-4-7-11-23)29(37-19-24-12-8-5-9-13-24)30(31(34-3)39-27)38-20-25-14-16-26(33-2)17-15-25/h4-17,21,28-31H,18-20H2,1-3H3/b27-21-/t28-,29+,30-,31+/m1/s1. The molecule has 8 heteroatoms. The number of ether oxygens (including phenoxy) is 7. The third kappa shape index (κ3) is 8.15. The molecule has 1 saturated heterocycles. The van der Waals surface area contributed by atoms with Crippen molar-refractivity contribution in [3.05, 3.63) is 114 Å². The van der Waals surface area contributed by atoms with Crippen LogP contribution in [0.1, 0.15) is 23.6 Å². The van der Waals surface area contributed by atoms with E-state index in [1.165, 1.54) is 20.3 Å². The quantitative estimate of drug-likeness (QED) is 0.233. The van der Waals surface area contributed by atoms with Crippen LogP contribution in [0.3, 0.4) is 0 Å². The number of benzene rings is 3. The van der Waals surface area contributed by atoms with Crippen LogP contribution in [-0.2, 0) is 53.0 Å². The maximum absolute atomic E-state index is 11.6. The van der Waals surface area contributed by atoms with Crippen LogP contribution in [0.15, 0.2) is 97.0 Å². The molecule has 0 aliphatic carbocycles. The van der Waals surface area contributed by atoms with E-state index in [1.807, 2.05) is 84.9 Å². The van der Waals surface area contributed by atoms with Gasteiger partial charge in [-0.2, -0.15) is 0 Å². The zero-order valence-electron chi connectivity index (χ0n) is 22.4. The first kappa shape index (κ1) is 28.3. The summed E-state index contributed by atoms with van der Waals surface area (Å²) in [5, 5.41) is 0. The summed E-state index contributed by atoms with van der Waals surface area (Å²) < 4.78 is 41.4. The molecular formula is C31H34O8. The summed E-state index contributed by atoms with van der Waals surface area (Å²) in [4.78, 5) is 11.6. The zero-order valence-corrected chi connectivity index (χ0v) is 22.4. The first-order valence-electron chi connectivity index (χ1n) is 12.7. The highest BCUT2D eigenvalue weighted by atomic mass is 16.7. The van der Waals surface area contributed by atoms with Crippen LogP contribution >= 0.6 is 0 Å². The van der Waals surface area contributed by atoms with Crippen molar-refractivity contribution in [3.8, 4) is 5.75 Å². The van der Waals surface area contributed by atoms with Crippen molar-refractivity contribution in [1.29, 1.82) is 0 Å². The van der Waals surface area contributed by atoms with Gasteiger partial charge in [-0.25, -0.2) is 0 Å². The lowest BCUT2D eigenvalue weighted by Gasteiger charge is -2.42. The SMILES string of the molecule is COc1ccc(CO[C@H]2[C@@H](OC)O/C(=C\OC(C)=O)[C@@H](OCc3ccccc3)[C@@H]2OCc2ccccc2)cc1. The van der Waals surface area contributed by atoms with Gasteiger partial charge in [-0.1, -0.05) is 72.8 Å². The Labute approximate surface area is 229 Å². The van der Waals surface area contributed by atoms with Gasteiger partial charge in [0.15, 0.2) is 5.76 Å². The molecule has 1 heterocycles. The number of rotatable bonds is 12. The van der Waals surface area contributed by atoms with Crippen LogP contribution in [0.25, 0.3) is 0 Å². The van der Waals surface area contributed by atoms with Crippen molar-refractivity contribution < 1.29 is 38.0 Å². The van der Waals surface area contributed by atoms with Gasteiger partial charge in [0, 0.05) is 14.0 Å². The van der Waals surface area contributed by atoms with E-state index in [1.54, 1.807) is 7.11 Å². The van der Waals surface area contributed by atoms with E-state index in [2.05, 4.69) is 0 Å². The highest BCUT2D eigenvalue weighted by Crippen LogP contribution is 2.33. The largest absolute Gasteiger partial charge is 0.497 e. The monoisotopic (exact) mass is 534 g/mol. The number of hydrogen-bond acceptors (Lipinski definition) is 8. The molecule has 8 nitrogen and oxygen atoms in total. The van der Waals surface area contributed by atoms with Gasteiger partial charge in [0.25, 0.3) is 0 Å². The predicted octanol–water partition coefficient (Wildman–Crippen LogP) is 5.16. The predicted molar refractivity (Wildman–Crippen MR) is 143 cm³/mol. The fourth-order valence-electron chi connectivity index (χ4n) is 4.15. The third-order valence-electron chi connectivity index (χ3n) is 6.16. The van der Waals surface area contributed by atoms with E-state index in [-0.39, 0.29) is 19.0 Å². The molecule has 0 saturated carbocycles. The second-order valence-electron chi connectivity index (χ2n) is 8.95. The van der Waals surface area contributed by atoms with Crippen LogP contribution in [0.4, 0.5) is 0 Å². The third-order valence-corrected chi connectivity index (χ3v) is 6.16. The van der Waals surface area contributed by atoms with E-state index in [4.69, 9.17) is 33.2 Å². The van der Waals surface area contributed by atoms with Crippen LogP contribution in [-0.4, -0.2) is 44.8 Å². The highest BCUT2D eigenvalue weighted by molar-refractivity contribution is 5.66. The summed E-state index contributed by atoms with van der Waals surface area (Å²) in [6.45, 7) is 2.17. The topological polar surface area (TPSA) is 81.7 Å². The number of methoxy groups -OCH3 is 2. The summed E-state index contributed by atoms with van der Waals surface area (Å²) in [6, 6.07) is 27.2. The van der Waals surface area contributed by atoms with E-state index < -0.39 is 30.6 Å². The Kier molecular flexibility index (Phi) is 10.5. The Morgan fingerprint density at radius 1 is 0.744 bits per heavy atom. The molecule has 0 unspecified atom stereocenters. The van der Waals surface area contributed by atoms with Gasteiger partial charge in [0.05, 0.1) is 26.9 Å². The second kappa shape index (κ2) is 14.5. The summed E-state index contributed by atoms with van der Waals surface area (Å²) in [5.41, 5.74) is 2.89. The zero-order chi connectivity index (χ0) is 27.5. The minimum absolute atomic E-state index is 0.273. The molecule has 3 aromatic rings. The number of carbonyl (C=O) groups excluding carboxylic acids is 1. The van der Waals surface area contributed by atoms with Gasteiger partial charge in [-0.05, 0) is 28.8 Å². The van der Waals surface area contributed by atoms with Gasteiger partial charge >= 0.3 is 5.97 Å². The second-order valence-corrected chi connectivity index (χ2v) is 8.95. The molecule has 3 aromatic carbocycles. The number of hydrogen-bond donors (Lipinski definition) is 0. The average Bonchev–Trinajstić information content (AvgIpc) is 2.98. The Balaban J connectivity index is 1.62. The van der Waals surface area contributed by atoms with Crippen LogP contribution in [0.2, 0.25) is 0 Å². The van der Waals surface area contributed by atoms with Gasteiger partial charge in [0.2, 0.25) is 6.29 Å². The van der Waals surface area contributed by atoms with Crippen LogP contribution in [0, 0.1) is 0 Å². The summed E-state index contributed by atoms with van der Waals surface area (Å²) >= 11 is 0. The first-order chi connectivity index (χ1) is 19.1. The molecule has 0 radical (unpaired) electrons. The van der Waals surface area contributed by atoms with E-state index >= 15 is 0 Å². The highest BCUT2D eigenvalue weighted by Gasteiger charge is 2.47. The Hall–Kier alpha value is -3.69. The molecule has 0 bridgehead atoms. The van der Waals surface area contributed by atoms with Crippen LogP contribution < -0.4 is 4.74 Å².